The van der Waals surface area contributed by atoms with E-state index in [9.17, 15) is 8.78 Å². The molecule has 0 aliphatic heterocycles. The average Bonchev–Trinajstić information content (AvgIpc) is 2.83. The maximum absolute atomic E-state index is 13.9. The Morgan fingerprint density at radius 3 is 2.03 bits per heavy atom. The summed E-state index contributed by atoms with van der Waals surface area (Å²) < 4.78 is 38.9. The molecule has 0 unspecified atom stereocenters. The number of unbranched alkanes of at least 4 members (excludes halogenated alkanes) is 7. The predicted octanol–water partition coefficient (Wildman–Crippen LogP) is 7.52. The Morgan fingerprint density at radius 2 is 1.34 bits per heavy atom. The fourth-order valence-electron chi connectivity index (χ4n) is 3.36. The highest BCUT2D eigenvalue weighted by molar-refractivity contribution is 5.56. The van der Waals surface area contributed by atoms with Gasteiger partial charge in [-0.3, -0.25) is 0 Å². The number of benzene rings is 1. The van der Waals surface area contributed by atoms with E-state index in [-0.39, 0.29) is 13.0 Å². The van der Waals surface area contributed by atoms with Gasteiger partial charge in [0.2, 0.25) is 0 Å². The molecule has 6 heteroatoms. The summed E-state index contributed by atoms with van der Waals surface area (Å²) in [7, 11) is 0. The summed E-state index contributed by atoms with van der Waals surface area (Å²) in [5.41, 5.74) is 0.853. The first kappa shape index (κ1) is 26.0. The van der Waals surface area contributed by atoms with Crippen molar-refractivity contribution >= 4 is 0 Å². The normalized spacial score (nSPS) is 13.0. The van der Waals surface area contributed by atoms with E-state index in [1.165, 1.54) is 44.5 Å². The van der Waals surface area contributed by atoms with Gasteiger partial charge < -0.3 is 9.47 Å². The molecule has 0 N–H and O–H groups in total. The fraction of sp³-hybridized carbons (Fsp3) is 0.615. The van der Waals surface area contributed by atoms with Crippen LogP contribution in [0, 0.1) is 0 Å². The van der Waals surface area contributed by atoms with Gasteiger partial charge in [0.15, 0.2) is 17.7 Å². The van der Waals surface area contributed by atoms with Crippen LogP contribution in [0.1, 0.15) is 78.1 Å². The van der Waals surface area contributed by atoms with E-state index < -0.39 is 12.3 Å². The van der Waals surface area contributed by atoms with Gasteiger partial charge in [0.1, 0.15) is 18.5 Å². The molecular formula is C26H38F2N2O2. The van der Waals surface area contributed by atoms with E-state index in [0.29, 0.717) is 18.0 Å². The predicted molar refractivity (Wildman–Crippen MR) is 126 cm³/mol. The number of rotatable bonds is 17. The zero-order chi connectivity index (χ0) is 23.0. The van der Waals surface area contributed by atoms with E-state index in [0.717, 1.165) is 37.2 Å². The highest BCUT2D eigenvalue weighted by Crippen LogP contribution is 2.21. The number of hydrogen-bond donors (Lipinski definition) is 0. The van der Waals surface area contributed by atoms with Gasteiger partial charge in [-0.2, -0.15) is 0 Å². The summed E-state index contributed by atoms with van der Waals surface area (Å²) >= 11 is 0. The van der Waals surface area contributed by atoms with Gasteiger partial charge in [-0.05, 0) is 37.1 Å². The maximum Gasteiger partial charge on any atom is 0.165 e. The topological polar surface area (TPSA) is 44.2 Å². The van der Waals surface area contributed by atoms with Crippen LogP contribution in [0.15, 0.2) is 36.7 Å². The van der Waals surface area contributed by atoms with Gasteiger partial charge in [-0.1, -0.05) is 65.2 Å². The van der Waals surface area contributed by atoms with E-state index in [2.05, 4.69) is 16.9 Å². The molecule has 0 fully saturated rings. The lowest BCUT2D eigenvalue weighted by atomic mass is 10.1. The lowest BCUT2D eigenvalue weighted by Gasteiger charge is -2.14. The Labute approximate surface area is 191 Å². The second-order valence-corrected chi connectivity index (χ2v) is 8.22. The average molecular weight is 449 g/mol. The Balaban J connectivity index is 1.73. The second-order valence-electron chi connectivity index (χ2n) is 8.22. The van der Waals surface area contributed by atoms with Crippen molar-refractivity contribution in [2.75, 3.05) is 13.2 Å². The van der Waals surface area contributed by atoms with E-state index in [4.69, 9.17) is 9.47 Å². The zero-order valence-corrected chi connectivity index (χ0v) is 19.6. The first-order chi connectivity index (χ1) is 15.6. The van der Waals surface area contributed by atoms with Crippen LogP contribution in [0.4, 0.5) is 8.78 Å². The third kappa shape index (κ3) is 9.92. The van der Waals surface area contributed by atoms with Crippen LogP contribution < -0.4 is 9.47 Å². The molecular weight excluding hydrogens is 410 g/mol. The summed E-state index contributed by atoms with van der Waals surface area (Å²) in [5, 5.41) is 0. The molecule has 0 radical (unpaired) electrons. The molecule has 0 spiro atoms. The van der Waals surface area contributed by atoms with Crippen molar-refractivity contribution in [1.82, 2.24) is 9.97 Å². The highest BCUT2D eigenvalue weighted by atomic mass is 19.2. The zero-order valence-electron chi connectivity index (χ0n) is 19.6. The monoisotopic (exact) mass is 448 g/mol. The standard InChI is InChI=1S/C26H38F2N2O2/c1-3-5-7-8-9-11-17-31-22-15-13-21(14-16-22)26-29-18-23(19-30-26)32-20-25(28)24(27)12-10-6-4-2/h13-16,18-19,24-25H,3-12,17,20H2,1-2H3/t24-,25-/m0/s1. The van der Waals surface area contributed by atoms with E-state index in [1.807, 2.05) is 31.2 Å². The lowest BCUT2D eigenvalue weighted by Crippen LogP contribution is -2.24. The molecule has 0 bridgehead atoms. The van der Waals surface area contributed by atoms with Crippen LogP contribution in [0.2, 0.25) is 0 Å². The molecule has 0 saturated carbocycles. The Bertz CT molecular complexity index is 726. The molecule has 4 nitrogen and oxygen atoms in total. The minimum absolute atomic E-state index is 0.229. The number of hydrogen-bond acceptors (Lipinski definition) is 4. The Hall–Kier alpha value is -2.24. The molecule has 0 aliphatic rings. The summed E-state index contributed by atoms with van der Waals surface area (Å²) in [6.45, 7) is 4.65. The molecule has 1 aromatic carbocycles. The molecule has 2 atom stereocenters. The third-order valence-corrected chi connectivity index (χ3v) is 5.39. The van der Waals surface area contributed by atoms with Gasteiger partial charge in [-0.25, -0.2) is 18.7 Å². The van der Waals surface area contributed by atoms with Crippen molar-refractivity contribution in [3.05, 3.63) is 36.7 Å². The van der Waals surface area contributed by atoms with Crippen LogP contribution in [0.3, 0.4) is 0 Å². The fourth-order valence-corrected chi connectivity index (χ4v) is 3.36. The first-order valence-corrected chi connectivity index (χ1v) is 12.1. The van der Waals surface area contributed by atoms with Crippen LogP contribution in [-0.2, 0) is 0 Å². The summed E-state index contributed by atoms with van der Waals surface area (Å²) in [6, 6.07) is 7.64. The largest absolute Gasteiger partial charge is 0.494 e. The van der Waals surface area contributed by atoms with Crippen LogP contribution >= 0.6 is 0 Å². The Morgan fingerprint density at radius 1 is 0.719 bits per heavy atom. The lowest BCUT2D eigenvalue weighted by molar-refractivity contribution is 0.101. The van der Waals surface area contributed by atoms with Crippen LogP contribution in [0.5, 0.6) is 11.5 Å². The van der Waals surface area contributed by atoms with E-state index in [1.54, 1.807) is 0 Å². The van der Waals surface area contributed by atoms with Crippen molar-refractivity contribution in [1.29, 1.82) is 0 Å². The number of halogens is 2. The smallest absolute Gasteiger partial charge is 0.165 e. The van der Waals surface area contributed by atoms with Crippen LogP contribution in [0.25, 0.3) is 11.4 Å². The molecule has 1 heterocycles. The van der Waals surface area contributed by atoms with Crippen molar-refractivity contribution in [3.8, 4) is 22.9 Å². The first-order valence-electron chi connectivity index (χ1n) is 12.1. The molecule has 2 rings (SSSR count). The van der Waals surface area contributed by atoms with Crippen molar-refractivity contribution < 1.29 is 18.3 Å². The van der Waals surface area contributed by atoms with Crippen LogP contribution in [-0.4, -0.2) is 35.5 Å². The molecule has 2 aromatic rings. The molecule has 0 saturated heterocycles. The van der Waals surface area contributed by atoms with Gasteiger partial charge in [0.05, 0.1) is 19.0 Å². The minimum atomic E-state index is -1.64. The maximum atomic E-state index is 13.9. The highest BCUT2D eigenvalue weighted by Gasteiger charge is 2.20. The number of aromatic nitrogens is 2. The van der Waals surface area contributed by atoms with Crippen molar-refractivity contribution in [2.24, 2.45) is 0 Å². The van der Waals surface area contributed by atoms with Crippen molar-refractivity contribution in [3.63, 3.8) is 0 Å². The second kappa shape index (κ2) is 15.5. The van der Waals surface area contributed by atoms with Gasteiger partial charge in [-0.15, -0.1) is 0 Å². The molecule has 178 valence electrons. The molecule has 1 aromatic heterocycles. The summed E-state index contributed by atoms with van der Waals surface area (Å²) in [5.74, 6) is 1.70. The van der Waals surface area contributed by atoms with Gasteiger partial charge in [0, 0.05) is 5.56 Å². The third-order valence-electron chi connectivity index (χ3n) is 5.39. The minimum Gasteiger partial charge on any atom is -0.494 e. The molecule has 0 aliphatic carbocycles. The quantitative estimate of drug-likeness (QED) is 0.235. The number of alkyl halides is 2. The molecule has 0 amide bonds. The van der Waals surface area contributed by atoms with Crippen molar-refractivity contribution in [2.45, 2.75) is 90.4 Å². The molecule has 32 heavy (non-hydrogen) atoms. The Kier molecular flexibility index (Phi) is 12.6. The van der Waals surface area contributed by atoms with Gasteiger partial charge in [0.25, 0.3) is 0 Å². The van der Waals surface area contributed by atoms with Gasteiger partial charge >= 0.3 is 0 Å². The number of ether oxygens (including phenoxy) is 2. The number of nitrogens with zero attached hydrogens (tertiary/aromatic N) is 2. The van der Waals surface area contributed by atoms with E-state index >= 15 is 0 Å². The SMILES string of the molecule is CCCCCCCCOc1ccc(-c2ncc(OC[C@H](F)[C@@H](F)CCCCC)cn2)cc1. The summed E-state index contributed by atoms with van der Waals surface area (Å²) in [4.78, 5) is 8.56. The summed E-state index contributed by atoms with van der Waals surface area (Å²) in [6.07, 6.45) is 10.1.